The summed E-state index contributed by atoms with van der Waals surface area (Å²) in [7, 11) is 4.00. The Hall–Kier alpha value is -2.15. The summed E-state index contributed by atoms with van der Waals surface area (Å²) in [6.45, 7) is 7.57. The maximum Gasteiger partial charge on any atom is 0.237 e. The number of rotatable bonds is 7. The molecule has 1 N–H and O–H groups in total. The number of aromatic nitrogens is 1. The highest BCUT2D eigenvalue weighted by atomic mass is 16.2. The second-order valence-corrected chi connectivity index (χ2v) is 7.50. The lowest BCUT2D eigenvalue weighted by atomic mass is 9.90. The normalized spacial score (nSPS) is 15.3. The first-order chi connectivity index (χ1) is 12.3. The predicted molar refractivity (Wildman–Crippen MR) is 103 cm³/mol. The summed E-state index contributed by atoms with van der Waals surface area (Å²) in [5.41, 5.74) is -1.05. The molecule has 7 heteroatoms. The van der Waals surface area contributed by atoms with Crippen LogP contribution in [0.2, 0.25) is 0 Å². The molecule has 1 aromatic heterocycles. The van der Waals surface area contributed by atoms with Crippen LogP contribution in [0.25, 0.3) is 0 Å². The number of anilines is 1. The molecular weight excluding hydrogens is 330 g/mol. The van der Waals surface area contributed by atoms with E-state index in [4.69, 9.17) is 0 Å². The van der Waals surface area contributed by atoms with Gasteiger partial charge in [-0.1, -0.05) is 6.07 Å². The summed E-state index contributed by atoms with van der Waals surface area (Å²) in [6, 6.07) is 5.83. The monoisotopic (exact) mass is 361 g/mol. The Labute approximate surface area is 156 Å². The van der Waals surface area contributed by atoms with Crippen LogP contribution in [0.1, 0.15) is 20.3 Å². The van der Waals surface area contributed by atoms with E-state index in [1.165, 1.54) is 0 Å². The highest BCUT2D eigenvalue weighted by Crippen LogP contribution is 2.21. The zero-order valence-electron chi connectivity index (χ0n) is 16.4. The van der Waals surface area contributed by atoms with Gasteiger partial charge in [0.15, 0.2) is 0 Å². The minimum atomic E-state index is -1.05. The molecule has 2 rings (SSSR count). The van der Waals surface area contributed by atoms with Gasteiger partial charge >= 0.3 is 0 Å². The van der Waals surface area contributed by atoms with Crippen LogP contribution in [0.5, 0.6) is 0 Å². The standard InChI is InChI=1S/C19H31N5O2/c1-19(2,17(25)21-10-7-11-22(3)4)18(26)24-14-12-23(13-15-24)16-8-5-6-9-20-16/h5-6,8-9H,7,10-15H2,1-4H3,(H,21,25). The molecule has 0 unspecified atom stereocenters. The van der Waals surface area contributed by atoms with Crippen molar-refractivity contribution in [1.82, 2.24) is 20.1 Å². The molecule has 0 atom stereocenters. The van der Waals surface area contributed by atoms with Crippen molar-refractivity contribution in [2.24, 2.45) is 5.41 Å². The number of carbonyl (C=O) groups excluding carboxylic acids is 2. The number of amides is 2. The Kier molecular flexibility index (Phi) is 6.97. The average Bonchev–Trinajstić information content (AvgIpc) is 2.65. The topological polar surface area (TPSA) is 68.8 Å². The van der Waals surface area contributed by atoms with Crippen molar-refractivity contribution >= 4 is 17.6 Å². The van der Waals surface area contributed by atoms with Gasteiger partial charge in [-0.3, -0.25) is 9.59 Å². The van der Waals surface area contributed by atoms with E-state index in [1.54, 1.807) is 24.9 Å². The maximum atomic E-state index is 12.9. The summed E-state index contributed by atoms with van der Waals surface area (Å²) < 4.78 is 0. The van der Waals surface area contributed by atoms with Gasteiger partial charge in [0.05, 0.1) is 0 Å². The van der Waals surface area contributed by atoms with Gasteiger partial charge in [-0.25, -0.2) is 4.98 Å². The summed E-state index contributed by atoms with van der Waals surface area (Å²) in [5, 5.41) is 2.90. The van der Waals surface area contributed by atoms with Crippen LogP contribution < -0.4 is 10.2 Å². The number of hydrogen-bond donors (Lipinski definition) is 1. The predicted octanol–water partition coefficient (Wildman–Crippen LogP) is 0.824. The molecule has 144 valence electrons. The quantitative estimate of drug-likeness (QED) is 0.575. The van der Waals surface area contributed by atoms with E-state index < -0.39 is 5.41 Å². The second-order valence-electron chi connectivity index (χ2n) is 7.50. The molecular formula is C19H31N5O2. The molecule has 2 heterocycles. The summed E-state index contributed by atoms with van der Waals surface area (Å²) in [4.78, 5) is 35.7. The van der Waals surface area contributed by atoms with E-state index >= 15 is 0 Å². The Morgan fingerprint density at radius 2 is 1.88 bits per heavy atom. The lowest BCUT2D eigenvalue weighted by Crippen LogP contribution is -2.55. The highest BCUT2D eigenvalue weighted by molar-refractivity contribution is 6.04. The van der Waals surface area contributed by atoms with Crippen LogP contribution in [-0.2, 0) is 9.59 Å². The Bertz CT molecular complexity index is 595. The van der Waals surface area contributed by atoms with Crippen molar-refractivity contribution in [3.8, 4) is 0 Å². The van der Waals surface area contributed by atoms with E-state index in [9.17, 15) is 9.59 Å². The van der Waals surface area contributed by atoms with Crippen molar-refractivity contribution in [1.29, 1.82) is 0 Å². The third-order valence-electron chi connectivity index (χ3n) is 4.71. The minimum Gasteiger partial charge on any atom is -0.355 e. The fourth-order valence-electron chi connectivity index (χ4n) is 2.99. The zero-order valence-corrected chi connectivity index (χ0v) is 16.4. The number of piperazine rings is 1. The molecule has 1 saturated heterocycles. The number of nitrogens with zero attached hydrogens (tertiary/aromatic N) is 4. The van der Waals surface area contributed by atoms with E-state index in [2.05, 4.69) is 20.1 Å². The van der Waals surface area contributed by atoms with Crippen molar-refractivity contribution in [2.45, 2.75) is 20.3 Å². The molecule has 7 nitrogen and oxygen atoms in total. The zero-order chi connectivity index (χ0) is 19.2. The molecule has 1 aromatic rings. The van der Waals surface area contributed by atoms with Gasteiger partial charge < -0.3 is 20.0 Å². The van der Waals surface area contributed by atoms with E-state index in [1.807, 2.05) is 32.3 Å². The van der Waals surface area contributed by atoms with Crippen molar-refractivity contribution in [2.75, 3.05) is 58.3 Å². The fourth-order valence-corrected chi connectivity index (χ4v) is 2.99. The van der Waals surface area contributed by atoms with Gasteiger partial charge in [-0.2, -0.15) is 0 Å². The molecule has 0 radical (unpaired) electrons. The van der Waals surface area contributed by atoms with Crippen molar-refractivity contribution < 1.29 is 9.59 Å². The minimum absolute atomic E-state index is 0.108. The van der Waals surface area contributed by atoms with Crippen LogP contribution in [-0.4, -0.2) is 80.0 Å². The largest absolute Gasteiger partial charge is 0.355 e. The van der Waals surface area contributed by atoms with Crippen molar-refractivity contribution in [3.05, 3.63) is 24.4 Å². The van der Waals surface area contributed by atoms with Gasteiger partial charge in [-0.15, -0.1) is 0 Å². The van der Waals surface area contributed by atoms with Gasteiger partial charge in [0.2, 0.25) is 11.8 Å². The van der Waals surface area contributed by atoms with Gasteiger partial charge in [-0.05, 0) is 53.0 Å². The van der Waals surface area contributed by atoms with E-state index in [-0.39, 0.29) is 11.8 Å². The SMILES string of the molecule is CN(C)CCCNC(=O)C(C)(C)C(=O)N1CCN(c2ccccn2)CC1. The third kappa shape index (κ3) is 5.17. The highest BCUT2D eigenvalue weighted by Gasteiger charge is 2.39. The third-order valence-corrected chi connectivity index (χ3v) is 4.71. The van der Waals surface area contributed by atoms with Crippen molar-refractivity contribution in [3.63, 3.8) is 0 Å². The van der Waals surface area contributed by atoms with Gasteiger partial charge in [0.25, 0.3) is 0 Å². The smallest absolute Gasteiger partial charge is 0.237 e. The lowest BCUT2D eigenvalue weighted by molar-refractivity contribution is -0.148. The first kappa shape index (κ1) is 20.2. The number of pyridine rings is 1. The molecule has 2 amide bonds. The van der Waals surface area contributed by atoms with Gasteiger partial charge in [0.1, 0.15) is 11.2 Å². The first-order valence-electron chi connectivity index (χ1n) is 9.21. The lowest BCUT2D eigenvalue weighted by Gasteiger charge is -2.38. The first-order valence-corrected chi connectivity index (χ1v) is 9.21. The molecule has 0 bridgehead atoms. The molecule has 0 saturated carbocycles. The molecule has 0 aromatic carbocycles. The number of nitrogens with one attached hydrogen (secondary N) is 1. The molecule has 1 aliphatic heterocycles. The molecule has 26 heavy (non-hydrogen) atoms. The van der Waals surface area contributed by atoms with Gasteiger partial charge in [0, 0.05) is 38.9 Å². The summed E-state index contributed by atoms with van der Waals surface area (Å²) in [6.07, 6.45) is 2.64. The molecule has 0 spiro atoms. The average molecular weight is 361 g/mol. The van der Waals surface area contributed by atoms with Crippen LogP contribution in [0.4, 0.5) is 5.82 Å². The summed E-state index contributed by atoms with van der Waals surface area (Å²) >= 11 is 0. The Balaban J connectivity index is 1.84. The maximum absolute atomic E-state index is 12.9. The molecule has 0 aliphatic carbocycles. The number of hydrogen-bond acceptors (Lipinski definition) is 5. The molecule has 1 fully saturated rings. The van der Waals surface area contributed by atoms with Crippen LogP contribution in [0.15, 0.2) is 24.4 Å². The Morgan fingerprint density at radius 3 is 2.46 bits per heavy atom. The van der Waals surface area contributed by atoms with E-state index in [0.29, 0.717) is 19.6 Å². The van der Waals surface area contributed by atoms with Crippen LogP contribution >= 0.6 is 0 Å². The Morgan fingerprint density at radius 1 is 1.19 bits per heavy atom. The fraction of sp³-hybridized carbons (Fsp3) is 0.632. The number of carbonyl (C=O) groups is 2. The second kappa shape index (κ2) is 8.98. The molecule has 1 aliphatic rings. The summed E-state index contributed by atoms with van der Waals surface area (Å²) in [5.74, 6) is 0.620. The van der Waals surface area contributed by atoms with Crippen LogP contribution in [0, 0.1) is 5.41 Å². The van der Waals surface area contributed by atoms with Crippen LogP contribution in [0.3, 0.4) is 0 Å². The van der Waals surface area contributed by atoms with E-state index in [0.717, 1.165) is 31.9 Å².